The van der Waals surface area contributed by atoms with Gasteiger partial charge in [-0.1, -0.05) is 6.42 Å². The zero-order chi connectivity index (χ0) is 11.3. The van der Waals surface area contributed by atoms with E-state index in [1.54, 1.807) is 17.0 Å². The average molecular weight is 209 g/mol. The van der Waals surface area contributed by atoms with Gasteiger partial charge in [-0.25, -0.2) is 4.98 Å². The molecule has 0 bridgehead atoms. The topological polar surface area (TPSA) is 60.9 Å². The molecule has 0 fully saturated rings. The van der Waals surface area contributed by atoms with Gasteiger partial charge in [0.15, 0.2) is 0 Å². The third-order valence-corrected chi connectivity index (χ3v) is 2.32. The predicted molar refractivity (Wildman–Crippen MR) is 60.7 cm³/mol. The standard InChI is InChI=1S/C11H19N3O/c1-9(12)5-3-4-6-14-8-13-10(2)7-11(14)15/h7-9H,3-6,12H2,1-2H3. The van der Waals surface area contributed by atoms with Crippen molar-refractivity contribution in [1.82, 2.24) is 9.55 Å². The lowest BCUT2D eigenvalue weighted by atomic mass is 10.1. The van der Waals surface area contributed by atoms with Crippen LogP contribution in [0.25, 0.3) is 0 Å². The van der Waals surface area contributed by atoms with Crippen LogP contribution in [0.15, 0.2) is 17.2 Å². The molecule has 0 spiro atoms. The molecule has 0 saturated heterocycles. The smallest absolute Gasteiger partial charge is 0.253 e. The molecule has 0 aliphatic carbocycles. The summed E-state index contributed by atoms with van der Waals surface area (Å²) in [6, 6.07) is 1.81. The maximum absolute atomic E-state index is 11.5. The van der Waals surface area contributed by atoms with Gasteiger partial charge in [0.05, 0.1) is 6.33 Å². The first kappa shape index (κ1) is 11.9. The quantitative estimate of drug-likeness (QED) is 0.738. The third kappa shape index (κ3) is 4.25. The van der Waals surface area contributed by atoms with Gasteiger partial charge in [-0.3, -0.25) is 9.36 Å². The summed E-state index contributed by atoms with van der Waals surface area (Å²) >= 11 is 0. The second-order valence-electron chi connectivity index (χ2n) is 4.03. The maximum Gasteiger partial charge on any atom is 0.253 e. The van der Waals surface area contributed by atoms with Crippen molar-refractivity contribution in [2.24, 2.45) is 5.73 Å². The Morgan fingerprint density at radius 1 is 1.53 bits per heavy atom. The summed E-state index contributed by atoms with van der Waals surface area (Å²) in [6.07, 6.45) is 4.65. The second-order valence-corrected chi connectivity index (χ2v) is 4.03. The van der Waals surface area contributed by atoms with Crippen molar-refractivity contribution in [2.45, 2.75) is 45.7 Å². The van der Waals surface area contributed by atoms with Crippen molar-refractivity contribution in [3.05, 3.63) is 28.4 Å². The third-order valence-electron chi connectivity index (χ3n) is 2.32. The SMILES string of the molecule is Cc1cc(=O)n(CCCCC(C)N)cn1. The van der Waals surface area contributed by atoms with E-state index >= 15 is 0 Å². The molecule has 0 aliphatic heterocycles. The van der Waals surface area contributed by atoms with Crippen molar-refractivity contribution in [1.29, 1.82) is 0 Å². The number of aryl methyl sites for hydroxylation is 2. The van der Waals surface area contributed by atoms with E-state index in [0.29, 0.717) is 0 Å². The Morgan fingerprint density at radius 2 is 2.27 bits per heavy atom. The molecule has 4 nitrogen and oxygen atoms in total. The molecule has 1 rings (SSSR count). The molecule has 15 heavy (non-hydrogen) atoms. The Morgan fingerprint density at radius 3 is 2.87 bits per heavy atom. The zero-order valence-electron chi connectivity index (χ0n) is 9.44. The van der Waals surface area contributed by atoms with E-state index in [1.807, 2.05) is 13.8 Å². The minimum absolute atomic E-state index is 0.0308. The predicted octanol–water partition coefficient (Wildman–Crippen LogP) is 1.07. The summed E-state index contributed by atoms with van der Waals surface area (Å²) < 4.78 is 1.65. The van der Waals surface area contributed by atoms with Gasteiger partial charge >= 0.3 is 0 Å². The van der Waals surface area contributed by atoms with Crippen LogP contribution in [0.2, 0.25) is 0 Å². The lowest BCUT2D eigenvalue weighted by molar-refractivity contribution is 0.536. The highest BCUT2D eigenvalue weighted by Crippen LogP contribution is 1.99. The number of unbranched alkanes of at least 4 members (excludes halogenated alkanes) is 1. The van der Waals surface area contributed by atoms with Crippen LogP contribution in [0.1, 0.15) is 31.9 Å². The molecule has 1 heterocycles. The molecule has 1 unspecified atom stereocenters. The van der Waals surface area contributed by atoms with Gasteiger partial charge in [0.1, 0.15) is 0 Å². The lowest BCUT2D eigenvalue weighted by Gasteiger charge is -2.06. The molecular formula is C11H19N3O. The largest absolute Gasteiger partial charge is 0.328 e. The number of nitrogens with two attached hydrogens (primary N) is 1. The van der Waals surface area contributed by atoms with E-state index in [1.165, 1.54) is 0 Å². The summed E-state index contributed by atoms with van der Waals surface area (Å²) in [4.78, 5) is 15.6. The number of hydrogen-bond acceptors (Lipinski definition) is 3. The molecule has 0 saturated carbocycles. The molecule has 2 N–H and O–H groups in total. The monoisotopic (exact) mass is 209 g/mol. The van der Waals surface area contributed by atoms with Crippen LogP contribution in [0.3, 0.4) is 0 Å². The van der Waals surface area contributed by atoms with Crippen molar-refractivity contribution >= 4 is 0 Å². The number of aromatic nitrogens is 2. The summed E-state index contributed by atoms with van der Waals surface area (Å²) in [7, 11) is 0. The Kier molecular flexibility index (Phi) is 4.49. The van der Waals surface area contributed by atoms with E-state index in [0.717, 1.165) is 31.5 Å². The highest BCUT2D eigenvalue weighted by molar-refractivity contribution is 4.95. The Bertz CT molecular complexity index is 357. The van der Waals surface area contributed by atoms with Gasteiger partial charge in [0, 0.05) is 24.3 Å². The van der Waals surface area contributed by atoms with Gasteiger partial charge in [-0.15, -0.1) is 0 Å². The van der Waals surface area contributed by atoms with Crippen LogP contribution in [-0.2, 0) is 6.54 Å². The van der Waals surface area contributed by atoms with Crippen molar-refractivity contribution in [3.8, 4) is 0 Å². The first-order valence-corrected chi connectivity index (χ1v) is 5.38. The lowest BCUT2D eigenvalue weighted by Crippen LogP contribution is -2.20. The zero-order valence-corrected chi connectivity index (χ0v) is 9.44. The van der Waals surface area contributed by atoms with E-state index in [4.69, 9.17) is 5.73 Å². The second kappa shape index (κ2) is 5.66. The van der Waals surface area contributed by atoms with Crippen LogP contribution in [-0.4, -0.2) is 15.6 Å². The summed E-state index contributed by atoms with van der Waals surface area (Å²) in [5.74, 6) is 0. The fourth-order valence-corrected chi connectivity index (χ4v) is 1.43. The molecule has 0 amide bonds. The van der Waals surface area contributed by atoms with Gasteiger partial charge in [-0.2, -0.15) is 0 Å². The van der Waals surface area contributed by atoms with Gasteiger partial charge < -0.3 is 5.73 Å². The molecule has 84 valence electrons. The molecule has 1 atom stereocenters. The molecule has 0 aromatic carbocycles. The first-order chi connectivity index (χ1) is 7.09. The summed E-state index contributed by atoms with van der Waals surface area (Å²) in [5.41, 5.74) is 6.44. The van der Waals surface area contributed by atoms with E-state index in [-0.39, 0.29) is 11.6 Å². The first-order valence-electron chi connectivity index (χ1n) is 5.38. The maximum atomic E-state index is 11.5. The van der Waals surface area contributed by atoms with Crippen LogP contribution >= 0.6 is 0 Å². The summed E-state index contributed by atoms with van der Waals surface area (Å²) in [6.45, 7) is 4.56. The minimum atomic E-state index is 0.0308. The normalized spacial score (nSPS) is 12.7. The fourth-order valence-electron chi connectivity index (χ4n) is 1.43. The van der Waals surface area contributed by atoms with Crippen LogP contribution in [0.4, 0.5) is 0 Å². The molecule has 0 radical (unpaired) electrons. The summed E-state index contributed by atoms with van der Waals surface area (Å²) in [5, 5.41) is 0. The Labute approximate surface area is 90.1 Å². The number of rotatable bonds is 5. The number of nitrogens with zero attached hydrogens (tertiary/aromatic N) is 2. The van der Waals surface area contributed by atoms with Gasteiger partial charge in [0.25, 0.3) is 5.56 Å². The van der Waals surface area contributed by atoms with Crippen molar-refractivity contribution in [3.63, 3.8) is 0 Å². The highest BCUT2D eigenvalue weighted by atomic mass is 16.1. The van der Waals surface area contributed by atoms with E-state index < -0.39 is 0 Å². The molecule has 1 aromatic rings. The number of hydrogen-bond donors (Lipinski definition) is 1. The molecular weight excluding hydrogens is 190 g/mol. The average Bonchev–Trinajstić information content (AvgIpc) is 2.14. The van der Waals surface area contributed by atoms with Crippen molar-refractivity contribution < 1.29 is 0 Å². The van der Waals surface area contributed by atoms with Crippen LogP contribution < -0.4 is 11.3 Å². The van der Waals surface area contributed by atoms with E-state index in [2.05, 4.69) is 4.98 Å². The van der Waals surface area contributed by atoms with Gasteiger partial charge in [0.2, 0.25) is 0 Å². The molecule has 1 aromatic heterocycles. The van der Waals surface area contributed by atoms with E-state index in [9.17, 15) is 4.79 Å². The Hall–Kier alpha value is -1.16. The van der Waals surface area contributed by atoms with Crippen LogP contribution in [0, 0.1) is 6.92 Å². The Balaban J connectivity index is 2.41. The van der Waals surface area contributed by atoms with Gasteiger partial charge in [-0.05, 0) is 26.7 Å². The van der Waals surface area contributed by atoms with Crippen molar-refractivity contribution in [2.75, 3.05) is 0 Å². The molecule has 0 aliphatic rings. The fraction of sp³-hybridized carbons (Fsp3) is 0.636. The van der Waals surface area contributed by atoms with Crippen LogP contribution in [0.5, 0.6) is 0 Å². The molecule has 4 heteroatoms. The highest BCUT2D eigenvalue weighted by Gasteiger charge is 1.98. The minimum Gasteiger partial charge on any atom is -0.328 e.